The van der Waals surface area contributed by atoms with E-state index in [1.54, 1.807) is 0 Å². The second-order valence-corrected chi connectivity index (χ2v) is 6.46. The summed E-state index contributed by atoms with van der Waals surface area (Å²) in [6.07, 6.45) is 7.76. The van der Waals surface area contributed by atoms with Crippen molar-refractivity contribution in [3.05, 3.63) is 24.3 Å². The topological polar surface area (TPSA) is 32.3 Å². The summed E-state index contributed by atoms with van der Waals surface area (Å²) in [5.74, 6) is 2.07. The minimum absolute atomic E-state index is 0.926. The molecule has 3 heterocycles. The van der Waals surface area contributed by atoms with Gasteiger partial charge in [0.2, 0.25) is 5.95 Å². The van der Waals surface area contributed by atoms with Crippen LogP contribution in [0.15, 0.2) is 24.3 Å². The number of benzene rings is 1. The standard InChI is InChI=1S/C18H24N4/c1-2-6-12-21(11-5-1)17-15-9-3-4-10-16(15)19-18(20-17)22-13-7-8-14-22/h3-4,9-10H,1-2,5-8,11-14H2. The van der Waals surface area contributed by atoms with Crippen molar-refractivity contribution >= 4 is 22.7 Å². The second-order valence-electron chi connectivity index (χ2n) is 6.46. The van der Waals surface area contributed by atoms with Crippen molar-refractivity contribution in [1.29, 1.82) is 0 Å². The number of fused-ring (bicyclic) bond motifs is 1. The molecule has 2 fully saturated rings. The van der Waals surface area contributed by atoms with Gasteiger partial charge in [-0.25, -0.2) is 4.98 Å². The SMILES string of the molecule is c1ccc2c(N3CCCCCC3)nc(N3CCCC3)nc2c1. The number of hydrogen-bond acceptors (Lipinski definition) is 4. The molecule has 0 spiro atoms. The summed E-state index contributed by atoms with van der Waals surface area (Å²) in [6, 6.07) is 8.47. The number of hydrogen-bond donors (Lipinski definition) is 0. The predicted molar refractivity (Wildman–Crippen MR) is 91.7 cm³/mol. The van der Waals surface area contributed by atoms with Crippen LogP contribution in [0.1, 0.15) is 38.5 Å². The van der Waals surface area contributed by atoms with E-state index in [0.29, 0.717) is 0 Å². The first-order valence-corrected chi connectivity index (χ1v) is 8.68. The zero-order valence-electron chi connectivity index (χ0n) is 13.2. The predicted octanol–water partition coefficient (Wildman–Crippen LogP) is 3.61. The van der Waals surface area contributed by atoms with Crippen LogP contribution in [0.3, 0.4) is 0 Å². The molecule has 0 amide bonds. The van der Waals surface area contributed by atoms with Crippen molar-refractivity contribution in [2.45, 2.75) is 38.5 Å². The average molecular weight is 296 g/mol. The molecule has 116 valence electrons. The van der Waals surface area contributed by atoms with Gasteiger partial charge in [0.05, 0.1) is 5.52 Å². The molecule has 0 N–H and O–H groups in total. The largest absolute Gasteiger partial charge is 0.356 e. The maximum atomic E-state index is 4.99. The van der Waals surface area contributed by atoms with E-state index in [0.717, 1.165) is 43.5 Å². The molecule has 0 aliphatic carbocycles. The lowest BCUT2D eigenvalue weighted by Gasteiger charge is -2.25. The first kappa shape index (κ1) is 13.8. The third-order valence-corrected chi connectivity index (χ3v) is 4.87. The molecule has 1 aromatic heterocycles. The molecule has 2 aromatic rings. The average Bonchev–Trinajstić information content (AvgIpc) is 2.97. The fraction of sp³-hybridized carbons (Fsp3) is 0.556. The van der Waals surface area contributed by atoms with Crippen molar-refractivity contribution in [3.63, 3.8) is 0 Å². The summed E-state index contributed by atoms with van der Waals surface area (Å²) in [5, 5.41) is 1.20. The summed E-state index contributed by atoms with van der Waals surface area (Å²) >= 11 is 0. The van der Waals surface area contributed by atoms with E-state index in [-0.39, 0.29) is 0 Å². The molecule has 2 aliphatic heterocycles. The molecule has 4 nitrogen and oxygen atoms in total. The van der Waals surface area contributed by atoms with Crippen molar-refractivity contribution < 1.29 is 0 Å². The number of anilines is 2. The smallest absolute Gasteiger partial charge is 0.227 e. The summed E-state index contributed by atoms with van der Waals surface area (Å²) in [5.41, 5.74) is 1.08. The van der Waals surface area contributed by atoms with Crippen molar-refractivity contribution in [2.75, 3.05) is 36.0 Å². The Morgan fingerprint density at radius 3 is 2.09 bits per heavy atom. The summed E-state index contributed by atoms with van der Waals surface area (Å²) in [7, 11) is 0. The van der Waals surface area contributed by atoms with E-state index >= 15 is 0 Å². The van der Waals surface area contributed by atoms with Crippen LogP contribution < -0.4 is 9.80 Å². The second kappa shape index (κ2) is 6.11. The minimum Gasteiger partial charge on any atom is -0.356 e. The third kappa shape index (κ3) is 2.62. The van der Waals surface area contributed by atoms with Gasteiger partial charge in [-0.1, -0.05) is 25.0 Å². The first-order chi connectivity index (χ1) is 10.9. The van der Waals surface area contributed by atoms with Crippen LogP contribution in [0.2, 0.25) is 0 Å². The van der Waals surface area contributed by atoms with E-state index in [1.165, 1.54) is 43.9 Å². The highest BCUT2D eigenvalue weighted by molar-refractivity contribution is 5.90. The van der Waals surface area contributed by atoms with Gasteiger partial charge in [0.25, 0.3) is 0 Å². The highest BCUT2D eigenvalue weighted by Gasteiger charge is 2.20. The van der Waals surface area contributed by atoms with Crippen LogP contribution in [0.25, 0.3) is 10.9 Å². The lowest BCUT2D eigenvalue weighted by Crippen LogP contribution is -2.27. The zero-order chi connectivity index (χ0) is 14.8. The molecule has 0 radical (unpaired) electrons. The Morgan fingerprint density at radius 1 is 0.682 bits per heavy atom. The molecule has 0 unspecified atom stereocenters. The summed E-state index contributed by atoms with van der Waals surface area (Å²) < 4.78 is 0. The van der Waals surface area contributed by atoms with Crippen molar-refractivity contribution in [3.8, 4) is 0 Å². The molecule has 22 heavy (non-hydrogen) atoms. The van der Waals surface area contributed by atoms with Gasteiger partial charge in [-0.2, -0.15) is 4.98 Å². The van der Waals surface area contributed by atoms with Crippen LogP contribution in [-0.2, 0) is 0 Å². The molecule has 0 atom stereocenters. The van der Waals surface area contributed by atoms with Gasteiger partial charge in [0.1, 0.15) is 5.82 Å². The van der Waals surface area contributed by atoms with Crippen LogP contribution >= 0.6 is 0 Å². The van der Waals surface area contributed by atoms with Gasteiger partial charge in [0, 0.05) is 31.6 Å². The molecular weight excluding hydrogens is 272 g/mol. The molecule has 2 aliphatic rings. The Balaban J connectivity index is 1.79. The summed E-state index contributed by atoms with van der Waals surface area (Å²) in [4.78, 5) is 14.6. The van der Waals surface area contributed by atoms with Gasteiger partial charge in [0.15, 0.2) is 0 Å². The lowest BCUT2D eigenvalue weighted by atomic mass is 10.2. The minimum atomic E-state index is 0.926. The Bertz CT molecular complexity index is 641. The fourth-order valence-corrected chi connectivity index (χ4v) is 3.63. The van der Waals surface area contributed by atoms with Gasteiger partial charge >= 0.3 is 0 Å². The molecule has 1 aromatic carbocycles. The highest BCUT2D eigenvalue weighted by atomic mass is 15.3. The van der Waals surface area contributed by atoms with Crippen LogP contribution in [0.5, 0.6) is 0 Å². The van der Waals surface area contributed by atoms with Crippen LogP contribution in [-0.4, -0.2) is 36.1 Å². The highest BCUT2D eigenvalue weighted by Crippen LogP contribution is 2.29. The maximum Gasteiger partial charge on any atom is 0.227 e. The lowest BCUT2D eigenvalue weighted by molar-refractivity contribution is 0.726. The van der Waals surface area contributed by atoms with Crippen molar-refractivity contribution in [2.24, 2.45) is 0 Å². The Hall–Kier alpha value is -1.84. The quantitative estimate of drug-likeness (QED) is 0.847. The summed E-state index contributed by atoms with van der Waals surface area (Å²) in [6.45, 7) is 4.44. The van der Waals surface area contributed by atoms with Gasteiger partial charge in [-0.05, 0) is 37.8 Å². The van der Waals surface area contributed by atoms with E-state index in [4.69, 9.17) is 9.97 Å². The third-order valence-electron chi connectivity index (χ3n) is 4.87. The van der Waals surface area contributed by atoms with E-state index in [9.17, 15) is 0 Å². The van der Waals surface area contributed by atoms with E-state index < -0.39 is 0 Å². The number of nitrogens with zero attached hydrogens (tertiary/aromatic N) is 4. The Labute approximate surface area is 132 Å². The Morgan fingerprint density at radius 2 is 1.32 bits per heavy atom. The number of para-hydroxylation sites is 1. The number of aromatic nitrogens is 2. The molecule has 0 bridgehead atoms. The fourth-order valence-electron chi connectivity index (χ4n) is 3.63. The van der Waals surface area contributed by atoms with Gasteiger partial charge in [-0.15, -0.1) is 0 Å². The molecule has 4 heteroatoms. The monoisotopic (exact) mass is 296 g/mol. The first-order valence-electron chi connectivity index (χ1n) is 8.68. The molecule has 0 saturated carbocycles. The molecule has 2 saturated heterocycles. The Kier molecular flexibility index (Phi) is 3.83. The van der Waals surface area contributed by atoms with Crippen LogP contribution in [0, 0.1) is 0 Å². The molecule has 4 rings (SSSR count). The van der Waals surface area contributed by atoms with Crippen LogP contribution in [0.4, 0.5) is 11.8 Å². The van der Waals surface area contributed by atoms with E-state index in [1.807, 2.05) is 0 Å². The maximum absolute atomic E-state index is 4.99. The zero-order valence-corrected chi connectivity index (χ0v) is 13.2. The van der Waals surface area contributed by atoms with E-state index in [2.05, 4.69) is 34.1 Å². The van der Waals surface area contributed by atoms with Crippen molar-refractivity contribution in [1.82, 2.24) is 9.97 Å². The number of rotatable bonds is 2. The molecular formula is C18H24N4. The normalized spacial score (nSPS) is 19.6. The van der Waals surface area contributed by atoms with Gasteiger partial charge < -0.3 is 9.80 Å². The van der Waals surface area contributed by atoms with Gasteiger partial charge in [-0.3, -0.25) is 0 Å².